The maximum Gasteiger partial charge on any atom is 0.258 e. The number of carbonyl (C=O) groups excluding carboxylic acids is 1. The summed E-state index contributed by atoms with van der Waals surface area (Å²) in [5.74, 6) is 0.118. The van der Waals surface area contributed by atoms with Crippen molar-refractivity contribution in [1.29, 1.82) is 0 Å². The Morgan fingerprint density at radius 3 is 2.49 bits per heavy atom. The van der Waals surface area contributed by atoms with Crippen LogP contribution < -0.4 is 9.64 Å². The first-order valence-electron chi connectivity index (χ1n) is 12.8. The zero-order valence-corrected chi connectivity index (χ0v) is 21.1. The summed E-state index contributed by atoms with van der Waals surface area (Å²) >= 11 is 0. The zero-order valence-electron chi connectivity index (χ0n) is 21.1. The molecule has 0 aliphatic carbocycles. The lowest BCUT2D eigenvalue weighted by Crippen LogP contribution is -2.59. The Labute approximate surface area is 217 Å². The fourth-order valence-electron chi connectivity index (χ4n) is 5.64. The van der Waals surface area contributed by atoms with Gasteiger partial charge in [-0.1, -0.05) is 36.4 Å². The van der Waals surface area contributed by atoms with Crippen LogP contribution in [-0.4, -0.2) is 61.4 Å². The van der Waals surface area contributed by atoms with Gasteiger partial charge in [0.2, 0.25) is 0 Å². The van der Waals surface area contributed by atoms with Crippen LogP contribution in [0.3, 0.4) is 0 Å². The highest BCUT2D eigenvalue weighted by Gasteiger charge is 2.45. The Morgan fingerprint density at radius 1 is 1.05 bits per heavy atom. The average molecular weight is 505 g/mol. The molecule has 5 rings (SSSR count). The summed E-state index contributed by atoms with van der Waals surface area (Å²) in [7, 11) is 1.57. The summed E-state index contributed by atoms with van der Waals surface area (Å²) in [6.07, 6.45) is 1.97. The van der Waals surface area contributed by atoms with Crippen LogP contribution in [0.2, 0.25) is 0 Å². The molecule has 2 saturated heterocycles. The number of piperidine rings is 1. The largest absolute Gasteiger partial charge is 0.497 e. The van der Waals surface area contributed by atoms with Crippen molar-refractivity contribution >= 4 is 11.6 Å². The van der Waals surface area contributed by atoms with Gasteiger partial charge in [0.1, 0.15) is 17.2 Å². The molecule has 2 atom stereocenters. The molecule has 3 aromatic rings. The summed E-state index contributed by atoms with van der Waals surface area (Å²) in [5.41, 5.74) is 1.10. The molecule has 1 N–H and O–H groups in total. The van der Waals surface area contributed by atoms with E-state index in [4.69, 9.17) is 9.47 Å². The molecule has 3 aromatic carbocycles. The quantitative estimate of drug-likeness (QED) is 0.531. The Balaban J connectivity index is 1.38. The second-order valence-corrected chi connectivity index (χ2v) is 9.78. The fourth-order valence-corrected chi connectivity index (χ4v) is 5.64. The molecule has 0 aromatic heterocycles. The number of likely N-dealkylation sites (tertiary alicyclic amines) is 1. The van der Waals surface area contributed by atoms with Gasteiger partial charge >= 0.3 is 0 Å². The van der Waals surface area contributed by atoms with Crippen LogP contribution in [0.4, 0.5) is 10.1 Å². The van der Waals surface area contributed by atoms with Crippen molar-refractivity contribution in [2.45, 2.75) is 36.9 Å². The van der Waals surface area contributed by atoms with E-state index >= 15 is 0 Å². The second kappa shape index (κ2) is 11.0. The van der Waals surface area contributed by atoms with Crippen molar-refractivity contribution in [3.63, 3.8) is 0 Å². The number of ether oxygens (including phenoxy) is 2. The summed E-state index contributed by atoms with van der Waals surface area (Å²) in [4.78, 5) is 17.8. The molecule has 6 nitrogen and oxygen atoms in total. The maximum absolute atomic E-state index is 13.8. The molecule has 7 heteroatoms. The topological polar surface area (TPSA) is 62.2 Å². The van der Waals surface area contributed by atoms with E-state index in [2.05, 4.69) is 4.90 Å². The van der Waals surface area contributed by atoms with Crippen molar-refractivity contribution in [2.75, 3.05) is 38.3 Å². The van der Waals surface area contributed by atoms with Crippen molar-refractivity contribution in [3.8, 4) is 5.75 Å². The van der Waals surface area contributed by atoms with Crippen molar-refractivity contribution in [1.82, 2.24) is 4.90 Å². The molecule has 1 amide bonds. The van der Waals surface area contributed by atoms with Gasteiger partial charge in [-0.2, -0.15) is 0 Å². The number of halogens is 1. The fraction of sp³-hybridized carbons (Fsp3) is 0.367. The lowest BCUT2D eigenvalue weighted by atomic mass is 9.81. The number of carbonyl (C=O) groups is 1. The number of rotatable bonds is 6. The minimum Gasteiger partial charge on any atom is -0.497 e. The number of amides is 1. The number of methoxy groups -OCH3 is 1. The summed E-state index contributed by atoms with van der Waals surface area (Å²) in [6.45, 7) is 2.39. The van der Waals surface area contributed by atoms with Gasteiger partial charge in [-0.3, -0.25) is 9.69 Å². The number of hydrogen-bond donors (Lipinski definition) is 1. The number of hydrogen-bond acceptors (Lipinski definition) is 5. The first-order valence-corrected chi connectivity index (χ1v) is 12.8. The summed E-state index contributed by atoms with van der Waals surface area (Å²) < 4.78 is 24.9. The van der Waals surface area contributed by atoms with Crippen molar-refractivity contribution in [2.24, 2.45) is 0 Å². The third-order valence-corrected chi connectivity index (χ3v) is 7.67. The summed E-state index contributed by atoms with van der Waals surface area (Å²) in [6, 6.07) is 22.8. The molecular weight excluding hydrogens is 471 g/mol. The van der Waals surface area contributed by atoms with Gasteiger partial charge in [-0.15, -0.1) is 0 Å². The SMILES string of the molecule is COc1cccc(C(=O)N(c2ccc(F)cc2)C2CCN([C@H]3COCC[C@@]3(O)c3ccccc3)CC2)c1. The Hall–Kier alpha value is -3.26. The maximum atomic E-state index is 13.8. The minimum atomic E-state index is -0.987. The first-order chi connectivity index (χ1) is 18.0. The standard InChI is InChI=1S/C30H33FN2O4/c1-36-27-9-5-6-22(20-27)29(34)33(25-12-10-24(31)11-13-25)26-14-17-32(18-15-26)28-21-37-19-16-30(28,35)23-7-3-2-4-8-23/h2-13,20,26,28,35H,14-19,21H2,1H3/t28-,30+/m0/s1. The highest BCUT2D eigenvalue weighted by Crippen LogP contribution is 2.37. The van der Waals surface area contributed by atoms with E-state index in [9.17, 15) is 14.3 Å². The minimum absolute atomic E-state index is 0.0743. The number of anilines is 1. The highest BCUT2D eigenvalue weighted by molar-refractivity contribution is 6.06. The van der Waals surface area contributed by atoms with Gasteiger partial charge in [0.15, 0.2) is 0 Å². The van der Waals surface area contributed by atoms with E-state index in [1.165, 1.54) is 12.1 Å². The van der Waals surface area contributed by atoms with Crippen LogP contribution in [-0.2, 0) is 10.3 Å². The van der Waals surface area contributed by atoms with Crippen LogP contribution in [0.25, 0.3) is 0 Å². The van der Waals surface area contributed by atoms with Gasteiger partial charge in [0.25, 0.3) is 5.91 Å². The molecule has 0 spiro atoms. The molecule has 0 bridgehead atoms. The Morgan fingerprint density at radius 2 is 1.78 bits per heavy atom. The van der Waals surface area contributed by atoms with Gasteiger partial charge in [-0.25, -0.2) is 4.39 Å². The normalized spacial score (nSPS) is 22.9. The predicted octanol–water partition coefficient (Wildman–Crippen LogP) is 4.62. The van der Waals surface area contributed by atoms with E-state index < -0.39 is 5.60 Å². The Bertz CT molecular complexity index is 1200. The van der Waals surface area contributed by atoms with E-state index in [0.29, 0.717) is 62.6 Å². The third-order valence-electron chi connectivity index (χ3n) is 7.67. The molecule has 194 valence electrons. The molecule has 2 aliphatic rings. The van der Waals surface area contributed by atoms with E-state index in [1.54, 1.807) is 48.4 Å². The monoisotopic (exact) mass is 504 g/mol. The molecule has 0 saturated carbocycles. The molecule has 2 aliphatic heterocycles. The molecular formula is C30H33FN2O4. The van der Waals surface area contributed by atoms with E-state index in [0.717, 1.165) is 5.56 Å². The van der Waals surface area contributed by atoms with Crippen LogP contribution in [0.15, 0.2) is 78.9 Å². The van der Waals surface area contributed by atoms with Gasteiger partial charge in [0, 0.05) is 43.4 Å². The van der Waals surface area contributed by atoms with Gasteiger partial charge < -0.3 is 19.5 Å². The highest BCUT2D eigenvalue weighted by atomic mass is 19.1. The first kappa shape index (κ1) is 25.4. The molecule has 37 heavy (non-hydrogen) atoms. The Kier molecular flexibility index (Phi) is 7.55. The lowest BCUT2D eigenvalue weighted by Gasteiger charge is -2.49. The zero-order chi connectivity index (χ0) is 25.8. The van der Waals surface area contributed by atoms with Crippen molar-refractivity contribution < 1.29 is 23.8 Å². The van der Waals surface area contributed by atoms with E-state index in [1.807, 2.05) is 30.3 Å². The molecule has 2 fully saturated rings. The van der Waals surface area contributed by atoms with Crippen LogP contribution in [0, 0.1) is 5.82 Å². The number of nitrogens with zero attached hydrogens (tertiary/aromatic N) is 2. The number of aliphatic hydroxyl groups is 1. The second-order valence-electron chi connectivity index (χ2n) is 9.78. The van der Waals surface area contributed by atoms with E-state index in [-0.39, 0.29) is 23.8 Å². The molecule has 2 heterocycles. The summed E-state index contributed by atoms with van der Waals surface area (Å²) in [5, 5.41) is 11.8. The van der Waals surface area contributed by atoms with Gasteiger partial charge in [0.05, 0.1) is 19.8 Å². The smallest absolute Gasteiger partial charge is 0.258 e. The number of benzene rings is 3. The molecule has 0 radical (unpaired) electrons. The molecule has 0 unspecified atom stereocenters. The third kappa shape index (κ3) is 5.25. The lowest BCUT2D eigenvalue weighted by molar-refractivity contribution is -0.138. The van der Waals surface area contributed by atoms with Gasteiger partial charge in [-0.05, 0) is 60.9 Å². The average Bonchev–Trinajstić information content (AvgIpc) is 2.95. The van der Waals surface area contributed by atoms with Crippen LogP contribution >= 0.6 is 0 Å². The van der Waals surface area contributed by atoms with Crippen LogP contribution in [0.5, 0.6) is 5.75 Å². The van der Waals surface area contributed by atoms with Crippen molar-refractivity contribution in [3.05, 3.63) is 95.8 Å². The predicted molar refractivity (Wildman–Crippen MR) is 140 cm³/mol. The van der Waals surface area contributed by atoms with Crippen LogP contribution in [0.1, 0.15) is 35.2 Å².